The quantitative estimate of drug-likeness (QED) is 0.855. The van der Waals surface area contributed by atoms with Gasteiger partial charge < -0.3 is 9.88 Å². The van der Waals surface area contributed by atoms with Gasteiger partial charge in [-0.3, -0.25) is 9.59 Å². The van der Waals surface area contributed by atoms with Gasteiger partial charge in [0.25, 0.3) is 11.5 Å². The normalized spacial score (nSPS) is 26.1. The average molecular weight is 274 g/mol. The minimum atomic E-state index is -0.257. The predicted molar refractivity (Wildman–Crippen MR) is 77.8 cm³/mol. The minimum absolute atomic E-state index is 0.0807. The summed E-state index contributed by atoms with van der Waals surface area (Å²) in [7, 11) is 0. The van der Waals surface area contributed by atoms with Crippen molar-refractivity contribution < 1.29 is 4.79 Å². The molecule has 1 aliphatic heterocycles. The van der Waals surface area contributed by atoms with Crippen molar-refractivity contribution in [3.05, 3.63) is 33.7 Å². The molecule has 1 aromatic heterocycles. The van der Waals surface area contributed by atoms with Crippen LogP contribution >= 0.6 is 0 Å². The van der Waals surface area contributed by atoms with Crippen molar-refractivity contribution in [1.29, 1.82) is 0 Å². The lowest BCUT2D eigenvalue weighted by atomic mass is 9.78. The third-order valence-corrected chi connectivity index (χ3v) is 4.79. The standard InChI is InChI=1S/C16H22N2O2/c1-11-8-9-13(15(19)17-11)16(20)18-10-4-6-12-5-2-3-7-14(12)18/h8-9,12,14H,2-7,10H2,1H3,(H,17,19)/t12-,14+/m0/s1. The van der Waals surface area contributed by atoms with Crippen molar-refractivity contribution >= 4 is 5.91 Å². The molecule has 2 heterocycles. The van der Waals surface area contributed by atoms with Crippen LogP contribution in [0.5, 0.6) is 0 Å². The van der Waals surface area contributed by atoms with Crippen LogP contribution in [0, 0.1) is 12.8 Å². The molecule has 108 valence electrons. The Morgan fingerprint density at radius 1 is 1.20 bits per heavy atom. The summed E-state index contributed by atoms with van der Waals surface area (Å²) >= 11 is 0. The number of fused-ring (bicyclic) bond motifs is 1. The third kappa shape index (κ3) is 2.39. The van der Waals surface area contributed by atoms with Crippen LogP contribution in [0.4, 0.5) is 0 Å². The Kier molecular flexibility index (Phi) is 3.64. The first kappa shape index (κ1) is 13.4. The molecule has 0 spiro atoms. The van der Waals surface area contributed by atoms with Crippen LogP contribution in [0.2, 0.25) is 0 Å². The SMILES string of the molecule is Cc1ccc(C(=O)N2CCC[C@@H]3CCCC[C@H]32)c(=O)[nH]1. The van der Waals surface area contributed by atoms with Crippen LogP contribution in [0.3, 0.4) is 0 Å². The molecule has 1 aliphatic carbocycles. The van der Waals surface area contributed by atoms with E-state index in [-0.39, 0.29) is 11.5 Å². The van der Waals surface area contributed by atoms with Gasteiger partial charge >= 0.3 is 0 Å². The molecule has 1 saturated carbocycles. The largest absolute Gasteiger partial charge is 0.335 e. The zero-order valence-electron chi connectivity index (χ0n) is 12.0. The average Bonchev–Trinajstić information content (AvgIpc) is 2.46. The summed E-state index contributed by atoms with van der Waals surface area (Å²) in [6, 6.07) is 3.82. The van der Waals surface area contributed by atoms with Gasteiger partial charge in [0, 0.05) is 18.3 Å². The molecular weight excluding hydrogens is 252 g/mol. The van der Waals surface area contributed by atoms with E-state index in [1.165, 1.54) is 25.7 Å². The molecule has 3 rings (SSSR count). The number of amides is 1. The minimum Gasteiger partial charge on any atom is -0.335 e. The van der Waals surface area contributed by atoms with E-state index in [2.05, 4.69) is 4.98 Å². The highest BCUT2D eigenvalue weighted by molar-refractivity contribution is 5.94. The van der Waals surface area contributed by atoms with E-state index in [1.54, 1.807) is 12.1 Å². The van der Waals surface area contributed by atoms with Gasteiger partial charge in [-0.1, -0.05) is 12.8 Å². The number of rotatable bonds is 1. The number of carbonyl (C=O) groups excluding carboxylic acids is 1. The summed E-state index contributed by atoms with van der Waals surface area (Å²) in [6.45, 7) is 2.63. The van der Waals surface area contributed by atoms with Crippen LogP contribution in [-0.4, -0.2) is 28.4 Å². The third-order valence-electron chi connectivity index (χ3n) is 4.79. The molecule has 0 unspecified atom stereocenters. The molecule has 1 aromatic rings. The zero-order chi connectivity index (χ0) is 14.1. The summed E-state index contributed by atoms with van der Waals surface area (Å²) in [5.41, 5.74) is 0.829. The van der Waals surface area contributed by atoms with Crippen LogP contribution in [-0.2, 0) is 0 Å². The Balaban J connectivity index is 1.87. The lowest BCUT2D eigenvalue weighted by molar-refractivity contribution is 0.0389. The van der Waals surface area contributed by atoms with Crippen molar-refractivity contribution in [2.24, 2.45) is 5.92 Å². The first-order valence-electron chi connectivity index (χ1n) is 7.68. The molecule has 1 saturated heterocycles. The fourth-order valence-corrected chi connectivity index (χ4v) is 3.77. The van der Waals surface area contributed by atoms with Gasteiger partial charge in [-0.25, -0.2) is 0 Å². The second-order valence-corrected chi connectivity index (χ2v) is 6.14. The van der Waals surface area contributed by atoms with E-state index in [1.807, 2.05) is 11.8 Å². The van der Waals surface area contributed by atoms with Gasteiger partial charge in [-0.15, -0.1) is 0 Å². The number of H-pyrrole nitrogens is 1. The van der Waals surface area contributed by atoms with Crippen LogP contribution in [0.1, 0.15) is 54.6 Å². The lowest BCUT2D eigenvalue weighted by Gasteiger charge is -2.44. The predicted octanol–water partition coefficient (Wildman–Crippen LogP) is 2.48. The van der Waals surface area contributed by atoms with E-state index in [4.69, 9.17) is 0 Å². The first-order valence-corrected chi connectivity index (χ1v) is 7.68. The van der Waals surface area contributed by atoms with Crippen LogP contribution in [0.25, 0.3) is 0 Å². The molecule has 0 radical (unpaired) electrons. The molecule has 0 aromatic carbocycles. The molecular formula is C16H22N2O2. The summed E-state index contributed by atoms with van der Waals surface area (Å²) in [5, 5.41) is 0. The number of hydrogen-bond donors (Lipinski definition) is 1. The van der Waals surface area contributed by atoms with E-state index < -0.39 is 0 Å². The first-order chi connectivity index (χ1) is 9.66. The molecule has 4 nitrogen and oxygen atoms in total. The number of pyridine rings is 1. The summed E-state index contributed by atoms with van der Waals surface area (Å²) in [6.07, 6.45) is 7.12. The molecule has 1 N–H and O–H groups in total. The summed E-state index contributed by atoms with van der Waals surface area (Å²) < 4.78 is 0. The smallest absolute Gasteiger partial charge is 0.260 e. The lowest BCUT2D eigenvalue weighted by Crippen LogP contribution is -2.50. The highest BCUT2D eigenvalue weighted by Crippen LogP contribution is 2.35. The van der Waals surface area contributed by atoms with Gasteiger partial charge in [0.05, 0.1) is 0 Å². The van der Waals surface area contributed by atoms with Crippen molar-refractivity contribution in [2.45, 2.75) is 51.5 Å². The monoisotopic (exact) mass is 274 g/mol. The summed E-state index contributed by atoms with van der Waals surface area (Å²) in [4.78, 5) is 29.4. The number of likely N-dealkylation sites (tertiary alicyclic amines) is 1. The highest BCUT2D eigenvalue weighted by atomic mass is 16.2. The van der Waals surface area contributed by atoms with Crippen LogP contribution < -0.4 is 5.56 Å². The molecule has 0 bridgehead atoms. The number of aromatic nitrogens is 1. The molecule has 4 heteroatoms. The van der Waals surface area contributed by atoms with Gasteiger partial charge in [0.1, 0.15) is 5.56 Å². The molecule has 20 heavy (non-hydrogen) atoms. The number of carbonyl (C=O) groups is 1. The Morgan fingerprint density at radius 2 is 1.95 bits per heavy atom. The molecule has 2 fully saturated rings. The van der Waals surface area contributed by atoms with Gasteiger partial charge in [0.15, 0.2) is 0 Å². The fourth-order valence-electron chi connectivity index (χ4n) is 3.77. The van der Waals surface area contributed by atoms with E-state index in [0.717, 1.165) is 25.1 Å². The van der Waals surface area contributed by atoms with Crippen molar-refractivity contribution in [3.8, 4) is 0 Å². The molecule has 2 atom stereocenters. The second kappa shape index (κ2) is 5.43. The highest BCUT2D eigenvalue weighted by Gasteiger charge is 2.36. The number of piperidine rings is 1. The number of nitrogens with one attached hydrogen (secondary N) is 1. The van der Waals surface area contributed by atoms with Crippen molar-refractivity contribution in [1.82, 2.24) is 9.88 Å². The van der Waals surface area contributed by atoms with Crippen LogP contribution in [0.15, 0.2) is 16.9 Å². The topological polar surface area (TPSA) is 53.2 Å². The number of hydrogen-bond acceptors (Lipinski definition) is 2. The van der Waals surface area contributed by atoms with E-state index in [9.17, 15) is 9.59 Å². The fraction of sp³-hybridized carbons (Fsp3) is 0.625. The molecule has 1 amide bonds. The number of aryl methyl sites for hydroxylation is 1. The van der Waals surface area contributed by atoms with Gasteiger partial charge in [0.2, 0.25) is 0 Å². The Morgan fingerprint density at radius 3 is 2.75 bits per heavy atom. The van der Waals surface area contributed by atoms with E-state index in [0.29, 0.717) is 17.5 Å². The molecule has 2 aliphatic rings. The Bertz CT molecular complexity index is 562. The Hall–Kier alpha value is -1.58. The zero-order valence-corrected chi connectivity index (χ0v) is 12.0. The number of nitrogens with zero attached hydrogens (tertiary/aromatic N) is 1. The number of aromatic amines is 1. The maximum Gasteiger partial charge on any atom is 0.260 e. The van der Waals surface area contributed by atoms with Gasteiger partial charge in [-0.05, 0) is 50.7 Å². The van der Waals surface area contributed by atoms with E-state index >= 15 is 0 Å². The van der Waals surface area contributed by atoms with Crippen molar-refractivity contribution in [2.75, 3.05) is 6.54 Å². The van der Waals surface area contributed by atoms with Crippen molar-refractivity contribution in [3.63, 3.8) is 0 Å². The maximum atomic E-state index is 12.7. The second-order valence-electron chi connectivity index (χ2n) is 6.14. The van der Waals surface area contributed by atoms with Gasteiger partial charge in [-0.2, -0.15) is 0 Å². The maximum absolute atomic E-state index is 12.7. The Labute approximate surface area is 119 Å². The summed E-state index contributed by atoms with van der Waals surface area (Å²) in [5.74, 6) is 0.564.